The minimum absolute atomic E-state index is 0.0131. The van der Waals surface area contributed by atoms with Gasteiger partial charge in [-0.25, -0.2) is 9.79 Å². The Balaban J connectivity index is 1.53. The van der Waals surface area contributed by atoms with E-state index < -0.39 is 12.0 Å². The summed E-state index contributed by atoms with van der Waals surface area (Å²) in [4.78, 5) is 44.7. The zero-order chi connectivity index (χ0) is 30.8. The third-order valence-electron chi connectivity index (χ3n) is 7.26. The van der Waals surface area contributed by atoms with Gasteiger partial charge in [-0.05, 0) is 43.7 Å². The number of furan rings is 1. The first-order chi connectivity index (χ1) is 21.4. The summed E-state index contributed by atoms with van der Waals surface area (Å²) in [7, 11) is 1.57. The molecule has 8 nitrogen and oxygen atoms in total. The van der Waals surface area contributed by atoms with Crippen LogP contribution in [0.3, 0.4) is 0 Å². The van der Waals surface area contributed by atoms with Crippen LogP contribution < -0.4 is 19.6 Å². The van der Waals surface area contributed by atoms with Crippen molar-refractivity contribution in [1.82, 2.24) is 4.57 Å². The van der Waals surface area contributed by atoms with Crippen molar-refractivity contribution in [2.45, 2.75) is 19.9 Å². The van der Waals surface area contributed by atoms with E-state index in [2.05, 4.69) is 0 Å². The number of nitrogens with zero attached hydrogens (tertiary/aromatic N) is 2. The highest BCUT2D eigenvalue weighted by atomic mass is 32.1. The normalized spacial score (nSPS) is 14.6. The first kappa shape index (κ1) is 28.8. The number of ether oxygens (including phenoxy) is 2. The van der Waals surface area contributed by atoms with Gasteiger partial charge in [-0.3, -0.25) is 14.2 Å². The molecule has 0 fully saturated rings. The van der Waals surface area contributed by atoms with Crippen molar-refractivity contribution < 1.29 is 23.5 Å². The molecule has 220 valence electrons. The van der Waals surface area contributed by atoms with Gasteiger partial charge in [-0.1, -0.05) is 78.1 Å². The monoisotopic (exact) mass is 604 g/mol. The van der Waals surface area contributed by atoms with Crippen molar-refractivity contribution in [3.63, 3.8) is 0 Å². The van der Waals surface area contributed by atoms with E-state index in [-0.39, 0.29) is 23.5 Å². The number of esters is 1. The molecule has 1 aliphatic heterocycles. The van der Waals surface area contributed by atoms with Crippen LogP contribution in [0.25, 0.3) is 23.1 Å². The number of hydrogen-bond donors (Lipinski definition) is 0. The number of fused-ring (bicyclic) bond motifs is 1. The number of hydrogen-bond acceptors (Lipinski definition) is 8. The molecule has 0 saturated carbocycles. The maximum atomic E-state index is 14.1. The SMILES string of the molecule is CCOC(=O)C1=C(c2ccccc2)N=c2sc(=Cc3ccc(-c4ccc(C(C)=O)cc4)o3)c(=O)n2C1c1cccc(OC)c1. The first-order valence-electron chi connectivity index (χ1n) is 14.0. The Morgan fingerprint density at radius 1 is 0.977 bits per heavy atom. The third kappa shape index (κ3) is 5.45. The molecule has 6 rings (SSSR count). The summed E-state index contributed by atoms with van der Waals surface area (Å²) in [6, 6.07) is 26.6. The molecule has 0 N–H and O–H groups in total. The molecule has 1 unspecified atom stereocenters. The Kier molecular flexibility index (Phi) is 7.95. The molecule has 1 atom stereocenters. The highest BCUT2D eigenvalue weighted by Gasteiger charge is 2.35. The Morgan fingerprint density at radius 3 is 2.45 bits per heavy atom. The molecular formula is C35H28N2O6S. The van der Waals surface area contributed by atoms with Crippen LogP contribution >= 0.6 is 11.3 Å². The highest BCUT2D eigenvalue weighted by molar-refractivity contribution is 7.07. The molecule has 3 aromatic carbocycles. The van der Waals surface area contributed by atoms with Crippen molar-refractivity contribution >= 4 is 34.9 Å². The Bertz CT molecular complexity index is 2080. The molecule has 0 bridgehead atoms. The number of rotatable bonds is 8. The van der Waals surface area contributed by atoms with Crippen LogP contribution in [0.5, 0.6) is 5.75 Å². The predicted octanol–water partition coefficient (Wildman–Crippen LogP) is 5.41. The van der Waals surface area contributed by atoms with Gasteiger partial charge in [0.25, 0.3) is 5.56 Å². The molecule has 0 saturated heterocycles. The average Bonchev–Trinajstić information content (AvgIpc) is 3.64. The zero-order valence-corrected chi connectivity index (χ0v) is 25.1. The maximum Gasteiger partial charge on any atom is 0.338 e. The van der Waals surface area contributed by atoms with Crippen molar-refractivity contribution in [2.24, 2.45) is 4.99 Å². The van der Waals surface area contributed by atoms with E-state index in [1.54, 1.807) is 44.4 Å². The van der Waals surface area contributed by atoms with Gasteiger partial charge in [0.1, 0.15) is 17.3 Å². The van der Waals surface area contributed by atoms with Gasteiger partial charge in [-0.15, -0.1) is 0 Å². The summed E-state index contributed by atoms with van der Waals surface area (Å²) in [5.41, 5.74) is 3.22. The van der Waals surface area contributed by atoms with Gasteiger partial charge in [0.05, 0.1) is 35.6 Å². The fraction of sp³-hybridized carbons (Fsp3) is 0.143. The standard InChI is InChI=1S/C35H28N2O6S/c1-4-42-34(40)30-31(24-9-6-5-7-10-24)36-35-37(32(30)25-11-8-12-26(19-25)41-3)33(39)29(44-35)20-27-17-18-28(43-27)23-15-13-22(14-16-23)21(2)38/h5-20,32H,4H2,1-3H3. The van der Waals surface area contributed by atoms with Crippen molar-refractivity contribution in [2.75, 3.05) is 13.7 Å². The quantitative estimate of drug-likeness (QED) is 0.174. The Morgan fingerprint density at radius 2 is 1.75 bits per heavy atom. The number of benzene rings is 3. The summed E-state index contributed by atoms with van der Waals surface area (Å²) in [5.74, 6) is 1.10. The molecular weight excluding hydrogens is 576 g/mol. The number of Topliss-reactive ketones (excluding diaryl/α,β-unsaturated/α-hetero) is 1. The smallest absolute Gasteiger partial charge is 0.338 e. The van der Waals surface area contributed by atoms with Gasteiger partial charge in [0, 0.05) is 22.8 Å². The number of methoxy groups -OCH3 is 1. The lowest BCUT2D eigenvalue weighted by Crippen LogP contribution is -2.40. The van der Waals surface area contributed by atoms with Crippen LogP contribution in [0.15, 0.2) is 111 Å². The van der Waals surface area contributed by atoms with E-state index in [9.17, 15) is 14.4 Å². The van der Waals surface area contributed by atoms with Gasteiger partial charge in [0.2, 0.25) is 0 Å². The minimum Gasteiger partial charge on any atom is -0.497 e. The van der Waals surface area contributed by atoms with E-state index in [0.717, 1.165) is 11.1 Å². The van der Waals surface area contributed by atoms with Crippen molar-refractivity contribution in [3.05, 3.63) is 139 Å². The summed E-state index contributed by atoms with van der Waals surface area (Å²) < 4.78 is 19.0. The van der Waals surface area contributed by atoms with Gasteiger partial charge < -0.3 is 13.9 Å². The van der Waals surface area contributed by atoms with E-state index in [4.69, 9.17) is 18.9 Å². The van der Waals surface area contributed by atoms with Crippen LogP contribution in [0.1, 0.15) is 47.1 Å². The van der Waals surface area contributed by atoms with E-state index >= 15 is 0 Å². The first-order valence-corrected chi connectivity index (χ1v) is 14.8. The second kappa shape index (κ2) is 12.1. The lowest BCUT2D eigenvalue weighted by atomic mass is 9.93. The molecule has 3 heterocycles. The zero-order valence-electron chi connectivity index (χ0n) is 24.3. The van der Waals surface area contributed by atoms with Crippen LogP contribution in [0.4, 0.5) is 0 Å². The van der Waals surface area contributed by atoms with E-state index in [0.29, 0.717) is 43.4 Å². The molecule has 1 aliphatic rings. The molecule has 2 aromatic heterocycles. The Hall–Kier alpha value is -5.28. The highest BCUT2D eigenvalue weighted by Crippen LogP contribution is 2.36. The third-order valence-corrected chi connectivity index (χ3v) is 8.24. The fourth-order valence-corrected chi connectivity index (χ4v) is 6.13. The Labute approximate surface area is 256 Å². The largest absolute Gasteiger partial charge is 0.497 e. The van der Waals surface area contributed by atoms with Crippen molar-refractivity contribution in [1.29, 1.82) is 0 Å². The molecule has 0 spiro atoms. The summed E-state index contributed by atoms with van der Waals surface area (Å²) >= 11 is 1.21. The van der Waals surface area contributed by atoms with Gasteiger partial charge >= 0.3 is 5.97 Å². The van der Waals surface area contributed by atoms with E-state index in [1.165, 1.54) is 22.8 Å². The lowest BCUT2D eigenvalue weighted by molar-refractivity contribution is -0.138. The molecule has 44 heavy (non-hydrogen) atoms. The van der Waals surface area contributed by atoms with Crippen molar-refractivity contribution in [3.8, 4) is 17.1 Å². The van der Waals surface area contributed by atoms with Crippen LogP contribution in [0, 0.1) is 0 Å². The van der Waals surface area contributed by atoms with E-state index in [1.807, 2.05) is 66.7 Å². The predicted molar refractivity (Wildman–Crippen MR) is 168 cm³/mol. The number of thiazole rings is 1. The number of ketones is 1. The molecule has 0 aliphatic carbocycles. The number of carbonyl (C=O) groups is 2. The molecule has 9 heteroatoms. The van der Waals surface area contributed by atoms with Gasteiger partial charge in [0.15, 0.2) is 10.6 Å². The second-order valence-corrected chi connectivity index (χ2v) is 11.1. The lowest BCUT2D eigenvalue weighted by Gasteiger charge is -2.26. The average molecular weight is 605 g/mol. The van der Waals surface area contributed by atoms with Crippen LogP contribution in [-0.2, 0) is 9.53 Å². The molecule has 0 radical (unpaired) electrons. The summed E-state index contributed by atoms with van der Waals surface area (Å²) in [6.45, 7) is 3.43. The van der Waals surface area contributed by atoms with Crippen LogP contribution in [-0.4, -0.2) is 30.0 Å². The molecule has 0 amide bonds. The summed E-state index contributed by atoms with van der Waals surface area (Å²) in [6.07, 6.45) is 1.68. The number of carbonyl (C=O) groups excluding carboxylic acids is 2. The fourth-order valence-electron chi connectivity index (χ4n) is 5.15. The minimum atomic E-state index is -0.815. The topological polar surface area (TPSA) is 100 Å². The second-order valence-electron chi connectivity index (χ2n) is 10.0. The summed E-state index contributed by atoms with van der Waals surface area (Å²) in [5, 5.41) is 0. The van der Waals surface area contributed by atoms with Gasteiger partial charge in [-0.2, -0.15) is 0 Å². The number of aromatic nitrogens is 1. The molecule has 5 aromatic rings. The maximum absolute atomic E-state index is 14.1. The van der Waals surface area contributed by atoms with Crippen LogP contribution in [0.2, 0.25) is 0 Å².